The fourth-order valence-corrected chi connectivity index (χ4v) is 4.75. The third-order valence-corrected chi connectivity index (χ3v) is 6.37. The molecule has 1 atom stereocenters. The molecule has 0 spiro atoms. The molecule has 2 amide bonds. The largest absolute Gasteiger partial charge is 0.356 e. The van der Waals surface area contributed by atoms with Crippen molar-refractivity contribution in [3.05, 3.63) is 60.0 Å². The predicted molar refractivity (Wildman–Crippen MR) is 113 cm³/mol. The highest BCUT2D eigenvalue weighted by Crippen LogP contribution is 2.35. The SMILES string of the molecule is CCN1CC(N2CCC(c3noc4cc(F)ccc34)CC2)N(c2ccccc2)C1=O. The van der Waals surface area contributed by atoms with E-state index in [1.165, 1.54) is 12.1 Å². The lowest BCUT2D eigenvalue weighted by Crippen LogP contribution is -2.50. The van der Waals surface area contributed by atoms with Crippen LogP contribution in [0.15, 0.2) is 53.1 Å². The third-order valence-electron chi connectivity index (χ3n) is 6.37. The van der Waals surface area contributed by atoms with Crippen LogP contribution in [0.2, 0.25) is 0 Å². The normalized spacial score (nSPS) is 21.1. The van der Waals surface area contributed by atoms with Gasteiger partial charge < -0.3 is 9.42 Å². The van der Waals surface area contributed by atoms with Crippen LogP contribution >= 0.6 is 0 Å². The van der Waals surface area contributed by atoms with Gasteiger partial charge in [-0.15, -0.1) is 0 Å². The number of carbonyl (C=O) groups is 1. The number of anilines is 1. The zero-order valence-corrected chi connectivity index (χ0v) is 17.0. The Balaban J connectivity index is 1.34. The maximum Gasteiger partial charge on any atom is 0.325 e. The van der Waals surface area contributed by atoms with Gasteiger partial charge in [0.15, 0.2) is 5.58 Å². The average Bonchev–Trinajstić information content (AvgIpc) is 3.34. The molecule has 5 rings (SSSR count). The molecule has 0 radical (unpaired) electrons. The van der Waals surface area contributed by atoms with Gasteiger partial charge in [0.2, 0.25) is 0 Å². The Morgan fingerprint density at radius 2 is 1.90 bits per heavy atom. The monoisotopic (exact) mass is 408 g/mol. The van der Waals surface area contributed by atoms with Crippen LogP contribution in [0.1, 0.15) is 31.4 Å². The van der Waals surface area contributed by atoms with Gasteiger partial charge in [-0.05, 0) is 44.0 Å². The molecule has 2 aliphatic heterocycles. The molecule has 2 aromatic carbocycles. The molecule has 1 unspecified atom stereocenters. The van der Waals surface area contributed by atoms with E-state index in [-0.39, 0.29) is 23.9 Å². The summed E-state index contributed by atoms with van der Waals surface area (Å²) in [7, 11) is 0. The van der Waals surface area contributed by atoms with Crippen molar-refractivity contribution >= 4 is 22.7 Å². The minimum atomic E-state index is -0.313. The predicted octanol–water partition coefficient (Wildman–Crippen LogP) is 4.43. The number of hydrogen-bond acceptors (Lipinski definition) is 4. The van der Waals surface area contributed by atoms with Crippen LogP contribution in [0.4, 0.5) is 14.9 Å². The van der Waals surface area contributed by atoms with E-state index in [1.807, 2.05) is 47.1 Å². The Morgan fingerprint density at radius 3 is 2.63 bits per heavy atom. The zero-order chi connectivity index (χ0) is 20.7. The van der Waals surface area contributed by atoms with Crippen molar-refractivity contribution in [3.63, 3.8) is 0 Å². The van der Waals surface area contributed by atoms with Crippen molar-refractivity contribution in [1.29, 1.82) is 0 Å². The fourth-order valence-electron chi connectivity index (χ4n) is 4.75. The molecule has 2 aliphatic rings. The molecule has 0 bridgehead atoms. The summed E-state index contributed by atoms with van der Waals surface area (Å²) in [6, 6.07) is 14.6. The van der Waals surface area contributed by atoms with Crippen molar-refractivity contribution in [2.75, 3.05) is 31.1 Å². The standard InChI is InChI=1S/C23H25FN4O2/c1-2-26-15-21(28(23(26)29)18-6-4-3-5-7-18)27-12-10-16(11-13-27)22-19-9-8-17(24)14-20(19)30-25-22/h3-9,14,16,21H,2,10-13,15H2,1H3. The number of rotatable bonds is 4. The summed E-state index contributed by atoms with van der Waals surface area (Å²) >= 11 is 0. The lowest BCUT2D eigenvalue weighted by molar-refractivity contribution is 0.151. The van der Waals surface area contributed by atoms with Crippen LogP contribution in [0, 0.1) is 5.82 Å². The Labute approximate surface area is 174 Å². The molecule has 3 heterocycles. The molecule has 3 aromatic rings. The molecule has 2 fully saturated rings. The van der Waals surface area contributed by atoms with Gasteiger partial charge in [0, 0.05) is 42.7 Å². The van der Waals surface area contributed by atoms with E-state index in [0.717, 1.165) is 42.7 Å². The Morgan fingerprint density at radius 1 is 1.13 bits per heavy atom. The van der Waals surface area contributed by atoms with Crippen LogP contribution in [0.5, 0.6) is 0 Å². The molecular weight excluding hydrogens is 383 g/mol. The van der Waals surface area contributed by atoms with E-state index in [2.05, 4.69) is 10.1 Å². The average molecular weight is 408 g/mol. The number of benzene rings is 2. The Bertz CT molecular complexity index is 1050. The van der Waals surface area contributed by atoms with E-state index in [4.69, 9.17) is 4.52 Å². The number of piperidine rings is 1. The number of hydrogen-bond donors (Lipinski definition) is 0. The van der Waals surface area contributed by atoms with Gasteiger partial charge in [-0.1, -0.05) is 23.4 Å². The smallest absolute Gasteiger partial charge is 0.325 e. The van der Waals surface area contributed by atoms with Crippen LogP contribution in [-0.4, -0.2) is 53.3 Å². The summed E-state index contributed by atoms with van der Waals surface area (Å²) in [6.45, 7) is 5.18. The molecule has 0 saturated carbocycles. The lowest BCUT2D eigenvalue weighted by Gasteiger charge is -2.38. The molecule has 6 nitrogen and oxygen atoms in total. The van der Waals surface area contributed by atoms with Gasteiger partial charge in [-0.3, -0.25) is 9.80 Å². The van der Waals surface area contributed by atoms with Gasteiger partial charge in [0.05, 0.1) is 12.2 Å². The minimum absolute atomic E-state index is 0.0314. The second kappa shape index (κ2) is 7.72. The first-order chi connectivity index (χ1) is 14.7. The number of carbonyl (C=O) groups excluding carboxylic acids is 1. The van der Waals surface area contributed by atoms with Crippen LogP contribution < -0.4 is 4.90 Å². The summed E-state index contributed by atoms with van der Waals surface area (Å²) < 4.78 is 18.8. The highest BCUT2D eigenvalue weighted by molar-refractivity contribution is 5.94. The number of fused-ring (bicyclic) bond motifs is 1. The number of urea groups is 1. The van der Waals surface area contributed by atoms with Crippen LogP contribution in [-0.2, 0) is 0 Å². The van der Waals surface area contributed by atoms with E-state index < -0.39 is 0 Å². The second-order valence-electron chi connectivity index (χ2n) is 8.03. The molecule has 30 heavy (non-hydrogen) atoms. The summed E-state index contributed by atoms with van der Waals surface area (Å²) in [5.41, 5.74) is 2.36. The number of amides is 2. The molecular formula is C23H25FN4O2. The van der Waals surface area contributed by atoms with Crippen molar-refractivity contribution in [3.8, 4) is 0 Å². The van der Waals surface area contributed by atoms with Crippen LogP contribution in [0.3, 0.4) is 0 Å². The summed E-state index contributed by atoms with van der Waals surface area (Å²) in [4.78, 5) is 19.2. The van der Waals surface area contributed by atoms with E-state index in [0.29, 0.717) is 18.7 Å². The number of likely N-dealkylation sites (tertiary alicyclic amines) is 1. The summed E-state index contributed by atoms with van der Waals surface area (Å²) in [5, 5.41) is 5.15. The number of aromatic nitrogens is 1. The van der Waals surface area contributed by atoms with E-state index in [1.54, 1.807) is 6.07 Å². The van der Waals surface area contributed by atoms with Gasteiger partial charge >= 0.3 is 6.03 Å². The maximum absolute atomic E-state index is 13.5. The summed E-state index contributed by atoms with van der Waals surface area (Å²) in [6.07, 6.45) is 1.89. The minimum Gasteiger partial charge on any atom is -0.356 e. The zero-order valence-electron chi connectivity index (χ0n) is 17.0. The fraction of sp³-hybridized carbons (Fsp3) is 0.391. The second-order valence-corrected chi connectivity index (χ2v) is 8.03. The quantitative estimate of drug-likeness (QED) is 0.641. The first kappa shape index (κ1) is 19.1. The number of para-hydroxylation sites is 1. The Hall–Kier alpha value is -2.93. The van der Waals surface area contributed by atoms with Crippen molar-refractivity contribution in [2.24, 2.45) is 0 Å². The van der Waals surface area contributed by atoms with Crippen LogP contribution in [0.25, 0.3) is 11.0 Å². The summed E-state index contributed by atoms with van der Waals surface area (Å²) in [5.74, 6) is -0.0371. The van der Waals surface area contributed by atoms with E-state index >= 15 is 0 Å². The highest BCUT2D eigenvalue weighted by atomic mass is 19.1. The first-order valence-corrected chi connectivity index (χ1v) is 10.6. The Kier molecular flexibility index (Phi) is 4.90. The molecule has 0 aliphatic carbocycles. The molecule has 0 N–H and O–H groups in total. The molecule has 2 saturated heterocycles. The first-order valence-electron chi connectivity index (χ1n) is 10.6. The van der Waals surface area contributed by atoms with Gasteiger partial charge in [-0.25, -0.2) is 9.18 Å². The molecule has 156 valence electrons. The number of likely N-dealkylation sites (N-methyl/N-ethyl adjacent to an activating group) is 1. The number of halogens is 1. The van der Waals surface area contributed by atoms with Crippen molar-refractivity contribution in [2.45, 2.75) is 31.8 Å². The maximum atomic E-state index is 13.5. The van der Waals surface area contributed by atoms with Gasteiger partial charge in [-0.2, -0.15) is 0 Å². The van der Waals surface area contributed by atoms with Crippen molar-refractivity contribution < 1.29 is 13.7 Å². The third kappa shape index (κ3) is 3.23. The van der Waals surface area contributed by atoms with Gasteiger partial charge in [0.1, 0.15) is 12.0 Å². The van der Waals surface area contributed by atoms with Gasteiger partial charge in [0.25, 0.3) is 0 Å². The van der Waals surface area contributed by atoms with Crippen molar-refractivity contribution in [1.82, 2.24) is 15.0 Å². The lowest BCUT2D eigenvalue weighted by atomic mass is 9.91. The number of nitrogens with zero attached hydrogens (tertiary/aromatic N) is 4. The molecule has 1 aromatic heterocycles. The highest BCUT2D eigenvalue weighted by Gasteiger charge is 2.42. The topological polar surface area (TPSA) is 52.8 Å². The van der Waals surface area contributed by atoms with E-state index in [9.17, 15) is 9.18 Å². The molecule has 7 heteroatoms.